The van der Waals surface area contributed by atoms with Gasteiger partial charge in [-0.3, -0.25) is 4.90 Å². The van der Waals surface area contributed by atoms with Crippen LogP contribution in [0.5, 0.6) is 0 Å². The molecular weight excluding hydrogens is 312 g/mol. The number of benzene rings is 1. The van der Waals surface area contributed by atoms with Crippen molar-refractivity contribution in [3.63, 3.8) is 0 Å². The van der Waals surface area contributed by atoms with Crippen LogP contribution in [0.4, 0.5) is 0 Å². The number of piperidine rings is 1. The van der Waals surface area contributed by atoms with Gasteiger partial charge in [0.15, 0.2) is 0 Å². The summed E-state index contributed by atoms with van der Waals surface area (Å²) in [5.41, 5.74) is 1.19. The van der Waals surface area contributed by atoms with Crippen molar-refractivity contribution in [2.75, 3.05) is 39.0 Å². The molecular formula is C17H26N2O3S. The quantitative estimate of drug-likeness (QED) is 0.739. The second kappa shape index (κ2) is 7.30. The molecule has 0 amide bonds. The molecule has 3 aliphatic heterocycles. The smallest absolute Gasteiger partial charge is 0.211 e. The van der Waals surface area contributed by atoms with Gasteiger partial charge in [-0.25, -0.2) is 12.7 Å². The number of fused-ring (bicyclic) bond motifs is 4. The number of sulfonamides is 1. The van der Waals surface area contributed by atoms with E-state index < -0.39 is 10.0 Å². The molecule has 2 atom stereocenters. The SMILES string of the molecule is CS(=O)(=O)N1C[C@H]2CC[C@@H](C1)N(CCOCc1ccccc1)C2. The summed E-state index contributed by atoms with van der Waals surface area (Å²) in [5.74, 6) is 0.456. The first-order chi connectivity index (χ1) is 11.0. The lowest BCUT2D eigenvalue weighted by atomic mass is 9.95. The Bertz CT molecular complexity index is 606. The first-order valence-electron chi connectivity index (χ1n) is 8.33. The van der Waals surface area contributed by atoms with Gasteiger partial charge in [-0.05, 0) is 24.3 Å². The average Bonchev–Trinajstić information content (AvgIpc) is 2.84. The summed E-state index contributed by atoms with van der Waals surface area (Å²) in [6.45, 7) is 4.51. The van der Waals surface area contributed by atoms with Crippen LogP contribution in [0.15, 0.2) is 30.3 Å². The van der Waals surface area contributed by atoms with Crippen molar-refractivity contribution in [1.82, 2.24) is 9.21 Å². The number of hydrogen-bond donors (Lipinski definition) is 0. The first kappa shape index (κ1) is 16.9. The Balaban J connectivity index is 1.49. The Morgan fingerprint density at radius 2 is 1.91 bits per heavy atom. The van der Waals surface area contributed by atoms with Gasteiger partial charge < -0.3 is 4.74 Å². The van der Waals surface area contributed by atoms with Crippen LogP contribution >= 0.6 is 0 Å². The third-order valence-corrected chi connectivity index (χ3v) is 6.13. The van der Waals surface area contributed by atoms with Gasteiger partial charge in [0, 0.05) is 32.2 Å². The van der Waals surface area contributed by atoms with Crippen molar-refractivity contribution in [3.05, 3.63) is 35.9 Å². The number of rotatable bonds is 6. The lowest BCUT2D eigenvalue weighted by Gasteiger charge is -2.35. The molecule has 1 aromatic rings. The Morgan fingerprint density at radius 3 is 2.65 bits per heavy atom. The fourth-order valence-corrected chi connectivity index (χ4v) is 4.55. The van der Waals surface area contributed by atoms with E-state index in [9.17, 15) is 8.42 Å². The van der Waals surface area contributed by atoms with Crippen LogP contribution in [0.2, 0.25) is 0 Å². The van der Waals surface area contributed by atoms with Gasteiger partial charge in [0.25, 0.3) is 0 Å². The molecule has 128 valence electrons. The number of hydrogen-bond acceptors (Lipinski definition) is 4. The second-order valence-electron chi connectivity index (χ2n) is 6.71. The van der Waals surface area contributed by atoms with Gasteiger partial charge in [0.2, 0.25) is 10.0 Å². The van der Waals surface area contributed by atoms with E-state index in [1.54, 1.807) is 4.31 Å². The van der Waals surface area contributed by atoms with Crippen LogP contribution in [0.3, 0.4) is 0 Å². The molecule has 3 saturated heterocycles. The molecule has 0 aromatic heterocycles. The van der Waals surface area contributed by atoms with Crippen LogP contribution < -0.4 is 0 Å². The van der Waals surface area contributed by atoms with Gasteiger partial charge in [0.1, 0.15) is 0 Å². The van der Waals surface area contributed by atoms with Crippen molar-refractivity contribution in [1.29, 1.82) is 0 Å². The lowest BCUT2D eigenvalue weighted by Crippen LogP contribution is -2.45. The van der Waals surface area contributed by atoms with Crippen molar-refractivity contribution in [2.45, 2.75) is 25.5 Å². The highest BCUT2D eigenvalue weighted by molar-refractivity contribution is 7.88. The molecule has 1 aromatic carbocycles. The van der Waals surface area contributed by atoms with E-state index in [4.69, 9.17) is 4.74 Å². The van der Waals surface area contributed by atoms with Crippen molar-refractivity contribution in [2.24, 2.45) is 5.92 Å². The van der Waals surface area contributed by atoms with Gasteiger partial charge in [-0.15, -0.1) is 0 Å². The Kier molecular flexibility index (Phi) is 5.36. The van der Waals surface area contributed by atoms with Crippen LogP contribution in [0.1, 0.15) is 18.4 Å². The Morgan fingerprint density at radius 1 is 1.13 bits per heavy atom. The summed E-state index contributed by atoms with van der Waals surface area (Å²) < 4.78 is 31.2. The molecule has 23 heavy (non-hydrogen) atoms. The van der Waals surface area contributed by atoms with E-state index in [1.807, 2.05) is 18.2 Å². The topological polar surface area (TPSA) is 49.9 Å². The summed E-state index contributed by atoms with van der Waals surface area (Å²) >= 11 is 0. The predicted octanol–water partition coefficient (Wildman–Crippen LogP) is 1.56. The summed E-state index contributed by atoms with van der Waals surface area (Å²) in [6.07, 6.45) is 3.55. The van der Waals surface area contributed by atoms with E-state index in [1.165, 1.54) is 11.8 Å². The van der Waals surface area contributed by atoms with Crippen molar-refractivity contribution < 1.29 is 13.2 Å². The molecule has 0 unspecified atom stereocenters. The highest BCUT2D eigenvalue weighted by atomic mass is 32.2. The normalized spacial score (nSPS) is 26.3. The summed E-state index contributed by atoms with van der Waals surface area (Å²) in [7, 11) is -3.08. The van der Waals surface area contributed by atoms with E-state index in [-0.39, 0.29) is 0 Å². The largest absolute Gasteiger partial charge is 0.375 e. The molecule has 2 bridgehead atoms. The molecule has 0 N–H and O–H groups in total. The molecule has 4 rings (SSSR count). The van der Waals surface area contributed by atoms with Crippen molar-refractivity contribution >= 4 is 10.0 Å². The van der Waals surface area contributed by atoms with Crippen LogP contribution in [-0.2, 0) is 21.4 Å². The van der Waals surface area contributed by atoms with Gasteiger partial charge in [0.05, 0.1) is 19.5 Å². The number of nitrogens with zero attached hydrogens (tertiary/aromatic N) is 2. The van der Waals surface area contributed by atoms with Crippen LogP contribution in [0, 0.1) is 5.92 Å². The highest BCUT2D eigenvalue weighted by Crippen LogP contribution is 2.28. The van der Waals surface area contributed by atoms with Crippen molar-refractivity contribution in [3.8, 4) is 0 Å². The molecule has 3 aliphatic rings. The minimum absolute atomic E-state index is 0.337. The standard InChI is InChI=1S/C17H26N2O3S/c1-23(20,21)19-12-16-7-8-17(13-19)18(11-16)9-10-22-14-15-5-3-2-4-6-15/h2-6,16-17H,7-14H2,1H3/t16-,17-/m0/s1. The Hall–Kier alpha value is -0.950. The first-order valence-corrected chi connectivity index (χ1v) is 10.2. The molecule has 0 radical (unpaired) electrons. The fourth-order valence-electron chi connectivity index (χ4n) is 3.63. The van der Waals surface area contributed by atoms with Crippen LogP contribution in [-0.4, -0.2) is 62.7 Å². The fraction of sp³-hybridized carbons (Fsp3) is 0.647. The molecule has 6 heteroatoms. The maximum atomic E-state index is 11.9. The maximum absolute atomic E-state index is 11.9. The number of ether oxygens (including phenoxy) is 1. The van der Waals surface area contributed by atoms with E-state index in [2.05, 4.69) is 17.0 Å². The van der Waals surface area contributed by atoms with E-state index in [0.717, 1.165) is 25.9 Å². The minimum atomic E-state index is -3.08. The predicted molar refractivity (Wildman–Crippen MR) is 90.6 cm³/mol. The third kappa shape index (κ3) is 4.53. The molecule has 5 nitrogen and oxygen atoms in total. The molecule has 0 saturated carbocycles. The molecule has 0 spiro atoms. The summed E-state index contributed by atoms with van der Waals surface area (Å²) in [6, 6.07) is 10.5. The highest BCUT2D eigenvalue weighted by Gasteiger charge is 2.37. The zero-order valence-electron chi connectivity index (χ0n) is 13.7. The summed E-state index contributed by atoms with van der Waals surface area (Å²) in [5, 5.41) is 0. The van der Waals surface area contributed by atoms with Gasteiger partial charge in [-0.1, -0.05) is 30.3 Å². The zero-order chi connectivity index (χ0) is 16.3. The average molecular weight is 338 g/mol. The molecule has 3 heterocycles. The lowest BCUT2D eigenvalue weighted by molar-refractivity contribution is 0.0593. The van der Waals surface area contributed by atoms with E-state index >= 15 is 0 Å². The van der Waals surface area contributed by atoms with Gasteiger partial charge in [-0.2, -0.15) is 0 Å². The molecule has 3 fully saturated rings. The summed E-state index contributed by atoms with van der Waals surface area (Å²) in [4.78, 5) is 2.42. The minimum Gasteiger partial charge on any atom is -0.375 e. The monoisotopic (exact) mass is 338 g/mol. The maximum Gasteiger partial charge on any atom is 0.211 e. The Labute approximate surface area is 139 Å². The van der Waals surface area contributed by atoms with Gasteiger partial charge >= 0.3 is 0 Å². The zero-order valence-corrected chi connectivity index (χ0v) is 14.5. The van der Waals surface area contributed by atoms with E-state index in [0.29, 0.717) is 38.3 Å². The molecule has 0 aliphatic carbocycles. The third-order valence-electron chi connectivity index (χ3n) is 4.90. The second-order valence-corrected chi connectivity index (χ2v) is 8.69. The van der Waals surface area contributed by atoms with Crippen LogP contribution in [0.25, 0.3) is 0 Å².